The lowest BCUT2D eigenvalue weighted by molar-refractivity contribution is -0.129. The Hall–Kier alpha value is -2.21. The molecule has 6 rings (SSSR count). The van der Waals surface area contributed by atoms with Gasteiger partial charge in [0.15, 0.2) is 0 Å². The molecule has 148 valence electrons. The van der Waals surface area contributed by atoms with E-state index in [9.17, 15) is 4.79 Å². The van der Waals surface area contributed by atoms with Crippen LogP contribution < -0.4 is 11.1 Å². The Balaban J connectivity index is 1.18. The van der Waals surface area contributed by atoms with Gasteiger partial charge in [-0.15, -0.1) is 0 Å². The maximum absolute atomic E-state index is 12.6. The fraction of sp³-hybridized carbons (Fsp3) is 0.591. The molecule has 2 aromatic rings. The molecule has 1 aromatic heterocycles. The second-order valence-electron chi connectivity index (χ2n) is 9.28. The zero-order chi connectivity index (χ0) is 19.1. The molecule has 6 nitrogen and oxygen atoms in total. The third-order valence-electron chi connectivity index (χ3n) is 7.05. The molecule has 0 atom stereocenters. The van der Waals surface area contributed by atoms with Crippen LogP contribution in [0.2, 0.25) is 0 Å². The average molecular weight is 380 g/mol. The van der Waals surface area contributed by atoms with E-state index in [1.807, 2.05) is 24.3 Å². The molecule has 0 spiro atoms. The van der Waals surface area contributed by atoms with E-state index in [1.54, 1.807) is 0 Å². The number of carbonyl (C=O) groups is 1. The highest BCUT2D eigenvalue weighted by Gasteiger charge is 2.51. The number of carbonyl (C=O) groups excluding carboxylic acids is 1. The molecule has 4 bridgehead atoms. The summed E-state index contributed by atoms with van der Waals surface area (Å²) in [4.78, 5) is 17.0. The zero-order valence-corrected chi connectivity index (χ0v) is 16.2. The first-order chi connectivity index (χ1) is 13.6. The van der Waals surface area contributed by atoms with Crippen LogP contribution in [0.1, 0.15) is 56.4 Å². The lowest BCUT2D eigenvalue weighted by Gasteiger charge is -2.56. The van der Waals surface area contributed by atoms with Crippen molar-refractivity contribution in [2.45, 2.75) is 58.0 Å². The van der Waals surface area contributed by atoms with E-state index in [0.717, 1.165) is 28.9 Å². The van der Waals surface area contributed by atoms with Gasteiger partial charge in [0.2, 0.25) is 17.6 Å². The normalized spacial score (nSPS) is 30.5. The number of nitrogens with two attached hydrogens (primary N) is 1. The van der Waals surface area contributed by atoms with Crippen LogP contribution in [0.5, 0.6) is 0 Å². The van der Waals surface area contributed by atoms with Gasteiger partial charge in [-0.3, -0.25) is 4.79 Å². The van der Waals surface area contributed by atoms with Gasteiger partial charge in [0.05, 0.1) is 6.54 Å². The number of hydrogen-bond acceptors (Lipinski definition) is 5. The predicted octanol–water partition coefficient (Wildman–Crippen LogP) is 3.42. The molecule has 4 aliphatic carbocycles. The van der Waals surface area contributed by atoms with Crippen molar-refractivity contribution >= 4 is 5.91 Å². The van der Waals surface area contributed by atoms with Gasteiger partial charge in [0.25, 0.3) is 0 Å². The fourth-order valence-electron chi connectivity index (χ4n) is 6.32. The minimum Gasteiger partial charge on any atom is -0.347 e. The van der Waals surface area contributed by atoms with Crippen molar-refractivity contribution in [3.8, 4) is 11.4 Å². The summed E-state index contributed by atoms with van der Waals surface area (Å²) in [6.07, 6.45) is 8.59. The number of rotatable bonds is 6. The van der Waals surface area contributed by atoms with Crippen LogP contribution in [-0.4, -0.2) is 16.0 Å². The summed E-state index contributed by atoms with van der Waals surface area (Å²) in [5.74, 6) is 3.69. The van der Waals surface area contributed by atoms with Crippen molar-refractivity contribution in [3.63, 3.8) is 0 Å². The van der Waals surface area contributed by atoms with Gasteiger partial charge < -0.3 is 15.6 Å². The van der Waals surface area contributed by atoms with Crippen molar-refractivity contribution in [3.05, 3.63) is 35.7 Å². The van der Waals surface area contributed by atoms with Crippen LogP contribution in [0.3, 0.4) is 0 Å². The molecule has 4 saturated carbocycles. The van der Waals surface area contributed by atoms with Crippen LogP contribution in [0.25, 0.3) is 11.4 Å². The number of nitrogens with one attached hydrogen (secondary N) is 1. The van der Waals surface area contributed by atoms with E-state index in [0.29, 0.717) is 31.2 Å². The van der Waals surface area contributed by atoms with Crippen molar-refractivity contribution in [2.75, 3.05) is 0 Å². The topological polar surface area (TPSA) is 94.0 Å². The monoisotopic (exact) mass is 380 g/mol. The number of nitrogens with zero attached hydrogens (tertiary/aromatic N) is 2. The highest BCUT2D eigenvalue weighted by Crippen LogP contribution is 2.61. The molecule has 0 aliphatic heterocycles. The van der Waals surface area contributed by atoms with Crippen molar-refractivity contribution in [1.82, 2.24) is 15.5 Å². The molecular formula is C22H28N4O2. The number of hydrogen-bond donors (Lipinski definition) is 2. The van der Waals surface area contributed by atoms with Crippen LogP contribution in [0.4, 0.5) is 0 Å². The number of amides is 1. The Labute approximate surface area is 165 Å². The van der Waals surface area contributed by atoms with Crippen LogP contribution in [-0.2, 0) is 17.9 Å². The van der Waals surface area contributed by atoms with Crippen LogP contribution >= 0.6 is 0 Å². The summed E-state index contributed by atoms with van der Waals surface area (Å²) in [6.45, 7) is 0.798. The SMILES string of the molecule is NCc1ccc(-c2noc(CNC(=O)CC34CC5CC(CC(C5)C3)C4)n2)cc1. The summed E-state index contributed by atoms with van der Waals surface area (Å²) >= 11 is 0. The first-order valence-electron chi connectivity index (χ1n) is 10.5. The molecule has 28 heavy (non-hydrogen) atoms. The molecule has 0 unspecified atom stereocenters. The molecule has 0 saturated heterocycles. The molecule has 1 aromatic carbocycles. The van der Waals surface area contributed by atoms with Crippen molar-refractivity contribution in [1.29, 1.82) is 0 Å². The Morgan fingerprint density at radius 3 is 2.36 bits per heavy atom. The molecule has 0 radical (unpaired) electrons. The standard InChI is InChI=1S/C22H28N4O2/c23-12-14-1-3-18(4-2-14)21-25-20(28-26-21)13-24-19(27)11-22-8-15-5-16(9-22)7-17(6-15)10-22/h1-4,15-17H,5-13,23H2,(H,24,27). The van der Waals surface area contributed by atoms with E-state index >= 15 is 0 Å². The number of aromatic nitrogens is 2. The molecule has 6 heteroatoms. The van der Waals surface area contributed by atoms with Crippen molar-refractivity contribution in [2.24, 2.45) is 28.9 Å². The largest absolute Gasteiger partial charge is 0.347 e. The van der Waals surface area contributed by atoms with Gasteiger partial charge in [-0.25, -0.2) is 0 Å². The smallest absolute Gasteiger partial charge is 0.246 e. The summed E-state index contributed by atoms with van der Waals surface area (Å²) in [6, 6.07) is 7.78. The van der Waals surface area contributed by atoms with E-state index in [-0.39, 0.29) is 11.3 Å². The predicted molar refractivity (Wildman–Crippen MR) is 105 cm³/mol. The van der Waals surface area contributed by atoms with Gasteiger partial charge >= 0.3 is 0 Å². The van der Waals surface area contributed by atoms with E-state index in [1.165, 1.54) is 38.5 Å². The summed E-state index contributed by atoms with van der Waals surface area (Å²) in [5, 5.41) is 7.04. The third kappa shape index (κ3) is 3.46. The first kappa shape index (κ1) is 17.9. The van der Waals surface area contributed by atoms with Crippen molar-refractivity contribution < 1.29 is 9.32 Å². The van der Waals surface area contributed by atoms with Gasteiger partial charge in [-0.1, -0.05) is 29.4 Å². The minimum absolute atomic E-state index is 0.119. The van der Waals surface area contributed by atoms with E-state index in [4.69, 9.17) is 10.3 Å². The lowest BCUT2D eigenvalue weighted by Crippen LogP contribution is -2.47. The molecule has 4 aliphatic rings. The van der Waals surface area contributed by atoms with Gasteiger partial charge in [0.1, 0.15) is 0 Å². The van der Waals surface area contributed by atoms with E-state index in [2.05, 4.69) is 15.5 Å². The Morgan fingerprint density at radius 1 is 1.11 bits per heavy atom. The van der Waals surface area contributed by atoms with E-state index < -0.39 is 0 Å². The lowest BCUT2D eigenvalue weighted by atomic mass is 9.49. The zero-order valence-electron chi connectivity index (χ0n) is 16.2. The van der Waals surface area contributed by atoms with Gasteiger partial charge in [-0.2, -0.15) is 4.98 Å². The summed E-state index contributed by atoms with van der Waals surface area (Å²) < 4.78 is 5.32. The summed E-state index contributed by atoms with van der Waals surface area (Å²) in [5.41, 5.74) is 7.82. The Bertz CT molecular complexity index is 822. The number of benzene rings is 1. The molecule has 1 heterocycles. The fourth-order valence-corrected chi connectivity index (χ4v) is 6.32. The highest BCUT2D eigenvalue weighted by atomic mass is 16.5. The first-order valence-corrected chi connectivity index (χ1v) is 10.5. The maximum atomic E-state index is 12.6. The molecule has 4 fully saturated rings. The Morgan fingerprint density at radius 2 is 1.75 bits per heavy atom. The quantitative estimate of drug-likeness (QED) is 0.801. The van der Waals surface area contributed by atoms with Gasteiger partial charge in [-0.05, 0) is 67.3 Å². The minimum atomic E-state index is 0.119. The van der Waals surface area contributed by atoms with Gasteiger partial charge in [0, 0.05) is 18.5 Å². The molecule has 1 amide bonds. The molecule has 3 N–H and O–H groups in total. The second kappa shape index (κ2) is 6.99. The average Bonchev–Trinajstić information content (AvgIpc) is 3.14. The third-order valence-corrected chi connectivity index (χ3v) is 7.05. The van der Waals surface area contributed by atoms with Crippen LogP contribution in [0, 0.1) is 23.2 Å². The summed E-state index contributed by atoms with van der Waals surface area (Å²) in [7, 11) is 0. The van der Waals surface area contributed by atoms with Crippen LogP contribution in [0.15, 0.2) is 28.8 Å². The molecular weight excluding hydrogens is 352 g/mol. The second-order valence-corrected chi connectivity index (χ2v) is 9.28. The maximum Gasteiger partial charge on any atom is 0.246 e. The Kier molecular flexibility index (Phi) is 4.46. The highest BCUT2D eigenvalue weighted by molar-refractivity contribution is 5.76.